The zero-order valence-electron chi connectivity index (χ0n) is 34.0. The number of allylic oxidation sites excluding steroid dienone is 4. The van der Waals surface area contributed by atoms with Crippen LogP contribution in [0.25, 0.3) is 0 Å². The van der Waals surface area contributed by atoms with E-state index in [-0.39, 0.29) is 12.1 Å². The molecule has 0 N–H and O–H groups in total. The highest BCUT2D eigenvalue weighted by molar-refractivity contribution is 6.76. The molecule has 2 aliphatic rings. The van der Waals surface area contributed by atoms with Gasteiger partial charge in [-0.15, -0.1) is 0 Å². The van der Waals surface area contributed by atoms with Gasteiger partial charge in [0.2, 0.25) is 0 Å². The fraction of sp³-hybridized carbons (Fsp3) is 0.829. The van der Waals surface area contributed by atoms with Gasteiger partial charge in [-0.3, -0.25) is 4.79 Å². The molecule has 3 atom stereocenters. The Labute approximate surface area is 311 Å². The normalized spacial score (nSPS) is 22.4. The van der Waals surface area contributed by atoms with Gasteiger partial charge >= 0.3 is 5.97 Å². The maximum atomic E-state index is 12.3. The second-order valence-electron chi connectivity index (χ2n) is 14.9. The number of esters is 1. The smallest absolute Gasteiger partial charge is 0.306 e. The molecule has 2 rings (SSSR count). The maximum Gasteiger partial charge on any atom is 0.306 e. The lowest BCUT2D eigenvalue weighted by atomic mass is 10.1. The van der Waals surface area contributed by atoms with Crippen molar-refractivity contribution >= 4 is 30.9 Å². The maximum absolute atomic E-state index is 12.3. The first kappa shape index (κ1) is 45.3. The van der Waals surface area contributed by atoms with E-state index in [2.05, 4.69) is 86.6 Å². The third-order valence-electron chi connectivity index (χ3n) is 12.1. The molecule has 0 bridgehead atoms. The Bertz CT molecular complexity index is 938. The zero-order valence-corrected chi connectivity index (χ0v) is 37.0. The Hall–Kier alpha value is -0.819. The number of hydrogen-bond acceptors (Lipinski definition) is 6. The van der Waals surface area contributed by atoms with Gasteiger partial charge in [0.1, 0.15) is 6.10 Å². The highest BCUT2D eigenvalue weighted by atomic mass is 28.4. The molecule has 2 heterocycles. The third-order valence-corrected chi connectivity index (χ3v) is 25.9. The molecule has 50 heavy (non-hydrogen) atoms. The van der Waals surface area contributed by atoms with Crippen LogP contribution in [-0.2, 0) is 27.5 Å². The SMILES string of the molecule is CC[Si](CC)(CC)OC(CCCC1OC1CCC=CC=CC1C/C=C\CCCCCCC(=O)O1)(O[Si](CC)(CC)CC)O[Si](CC)(CC)CC. The Kier molecular flexibility index (Phi) is 21.5. The summed E-state index contributed by atoms with van der Waals surface area (Å²) in [6, 6.07) is 9.80. The summed E-state index contributed by atoms with van der Waals surface area (Å²) in [6.07, 6.45) is 24.8. The summed E-state index contributed by atoms with van der Waals surface area (Å²) in [5, 5.41) is 0. The van der Waals surface area contributed by atoms with Crippen LogP contribution in [0.5, 0.6) is 0 Å². The van der Waals surface area contributed by atoms with Gasteiger partial charge in [-0.2, -0.15) is 0 Å². The van der Waals surface area contributed by atoms with E-state index in [9.17, 15) is 4.79 Å². The van der Waals surface area contributed by atoms with E-state index >= 15 is 0 Å². The lowest BCUT2D eigenvalue weighted by Crippen LogP contribution is -2.60. The quantitative estimate of drug-likeness (QED) is 0.0244. The third kappa shape index (κ3) is 14.9. The van der Waals surface area contributed by atoms with Crippen molar-refractivity contribution in [2.24, 2.45) is 0 Å². The second-order valence-corrected chi connectivity index (χ2v) is 29.0. The monoisotopic (exact) mass is 751 g/mol. The molecule has 1 saturated heterocycles. The molecule has 3 unspecified atom stereocenters. The van der Waals surface area contributed by atoms with Crippen LogP contribution in [-0.4, -0.2) is 55.2 Å². The standard InChI is InChI=1S/C41H78O6Si3/c1-10-48(11-2,12-3)45-41(46-49(13-4,14-5)15-6,47-50(16-7,17-8)18-9)36-30-34-39-38(44-39)33-28-25-24-27-32-37-31-26-22-20-19-21-23-29-35-40(42)43-37/h22,24-27,32,37-39H,10-21,23,28-31,33-36H2,1-9H3/b25-24?,26-22-,32-27?. The summed E-state index contributed by atoms with van der Waals surface area (Å²) in [6.45, 7) is 20.9. The predicted octanol–water partition coefficient (Wildman–Crippen LogP) is 12.7. The van der Waals surface area contributed by atoms with E-state index in [1.807, 2.05) is 12.2 Å². The van der Waals surface area contributed by atoms with Gasteiger partial charge in [0.05, 0.1) is 12.2 Å². The van der Waals surface area contributed by atoms with Crippen LogP contribution in [0.15, 0.2) is 36.5 Å². The van der Waals surface area contributed by atoms with E-state index in [1.165, 1.54) is 12.8 Å². The van der Waals surface area contributed by atoms with Crippen molar-refractivity contribution in [3.05, 3.63) is 36.5 Å². The Morgan fingerprint density at radius 3 is 1.76 bits per heavy atom. The van der Waals surface area contributed by atoms with Crippen LogP contribution >= 0.6 is 0 Å². The Morgan fingerprint density at radius 1 is 0.700 bits per heavy atom. The van der Waals surface area contributed by atoms with Crippen LogP contribution in [0.4, 0.5) is 0 Å². The fourth-order valence-electron chi connectivity index (χ4n) is 7.56. The largest absolute Gasteiger partial charge is 0.458 e. The summed E-state index contributed by atoms with van der Waals surface area (Å²) in [5.74, 6) is -1.00. The summed E-state index contributed by atoms with van der Waals surface area (Å²) < 4.78 is 34.4. The molecule has 2 aliphatic heterocycles. The Balaban J connectivity index is 2.06. The highest BCUT2D eigenvalue weighted by Gasteiger charge is 2.51. The topological polar surface area (TPSA) is 66.5 Å². The molecule has 0 amide bonds. The van der Waals surface area contributed by atoms with Crippen LogP contribution in [0.3, 0.4) is 0 Å². The van der Waals surface area contributed by atoms with Gasteiger partial charge < -0.3 is 22.8 Å². The number of carbonyl (C=O) groups excluding carboxylic acids is 1. The lowest BCUT2D eigenvalue weighted by molar-refractivity contribution is -0.278. The van der Waals surface area contributed by atoms with E-state index in [0.29, 0.717) is 18.6 Å². The summed E-state index contributed by atoms with van der Waals surface area (Å²) in [5.41, 5.74) is 0. The molecular weight excluding hydrogens is 673 g/mol. The first-order valence-electron chi connectivity index (χ1n) is 21.0. The molecule has 290 valence electrons. The van der Waals surface area contributed by atoms with Crippen LogP contribution in [0, 0.1) is 0 Å². The number of carbonyl (C=O) groups is 1. The molecule has 0 radical (unpaired) electrons. The lowest BCUT2D eigenvalue weighted by Gasteiger charge is -2.50. The predicted molar refractivity (Wildman–Crippen MR) is 219 cm³/mol. The number of ether oxygens (including phenoxy) is 2. The van der Waals surface area contributed by atoms with Gasteiger partial charge in [0.25, 0.3) is 5.97 Å². The number of hydrogen-bond donors (Lipinski definition) is 0. The second kappa shape index (κ2) is 23.8. The van der Waals surface area contributed by atoms with Gasteiger partial charge in [-0.1, -0.05) is 106 Å². The van der Waals surface area contributed by atoms with Crippen molar-refractivity contribution in [1.82, 2.24) is 0 Å². The fourth-order valence-corrected chi connectivity index (χ4v) is 16.1. The average Bonchev–Trinajstić information content (AvgIpc) is 3.89. The van der Waals surface area contributed by atoms with Crippen molar-refractivity contribution in [3.63, 3.8) is 0 Å². The molecule has 0 aromatic rings. The minimum atomic E-state index is -2.04. The van der Waals surface area contributed by atoms with Crippen molar-refractivity contribution in [1.29, 1.82) is 0 Å². The molecule has 6 nitrogen and oxygen atoms in total. The van der Waals surface area contributed by atoms with Gasteiger partial charge in [-0.05, 0) is 105 Å². The molecule has 9 heteroatoms. The first-order valence-corrected chi connectivity index (χ1v) is 28.6. The molecule has 0 aromatic carbocycles. The summed E-state index contributed by atoms with van der Waals surface area (Å²) >= 11 is 0. The van der Waals surface area contributed by atoms with Crippen LogP contribution < -0.4 is 0 Å². The van der Waals surface area contributed by atoms with Gasteiger partial charge in [-0.25, -0.2) is 0 Å². The number of cyclic esters (lactones) is 1. The highest BCUT2D eigenvalue weighted by Crippen LogP contribution is 2.42. The van der Waals surface area contributed by atoms with Crippen molar-refractivity contribution < 1.29 is 27.5 Å². The minimum Gasteiger partial charge on any atom is -0.458 e. The molecule has 0 saturated carbocycles. The molecule has 0 aliphatic carbocycles. The van der Waals surface area contributed by atoms with Crippen LogP contribution in [0.1, 0.15) is 139 Å². The summed E-state index contributed by atoms with van der Waals surface area (Å²) in [4.78, 5) is 12.3. The van der Waals surface area contributed by atoms with Crippen molar-refractivity contribution in [2.45, 2.75) is 218 Å². The Morgan fingerprint density at radius 2 is 1.22 bits per heavy atom. The van der Waals surface area contributed by atoms with Gasteiger partial charge in [0.15, 0.2) is 25.0 Å². The van der Waals surface area contributed by atoms with Gasteiger partial charge in [0, 0.05) is 19.3 Å². The summed E-state index contributed by atoms with van der Waals surface area (Å²) in [7, 11) is -6.11. The number of epoxide rings is 1. The average molecular weight is 751 g/mol. The van der Waals surface area contributed by atoms with E-state index in [4.69, 9.17) is 22.8 Å². The minimum absolute atomic E-state index is 0.0797. The molecule has 1 fully saturated rings. The number of rotatable bonds is 24. The van der Waals surface area contributed by atoms with E-state index in [1.54, 1.807) is 0 Å². The molecule has 0 spiro atoms. The van der Waals surface area contributed by atoms with Crippen LogP contribution in [0.2, 0.25) is 54.4 Å². The van der Waals surface area contributed by atoms with Crippen molar-refractivity contribution in [2.75, 3.05) is 0 Å². The molecule has 0 aromatic heterocycles. The van der Waals surface area contributed by atoms with E-state index in [0.717, 1.165) is 112 Å². The first-order chi connectivity index (χ1) is 24.1. The molecular formula is C41H78O6Si3. The van der Waals surface area contributed by atoms with Crippen molar-refractivity contribution in [3.8, 4) is 0 Å². The van der Waals surface area contributed by atoms with E-state index < -0.39 is 30.9 Å². The zero-order chi connectivity index (χ0) is 36.9.